The van der Waals surface area contributed by atoms with E-state index in [9.17, 15) is 22.4 Å². The molecule has 3 aromatic carbocycles. The Balaban J connectivity index is 2.04. The fourth-order valence-electron chi connectivity index (χ4n) is 4.15. The molecule has 2 amide bonds. The van der Waals surface area contributed by atoms with Crippen molar-refractivity contribution in [3.63, 3.8) is 0 Å². The minimum Gasteiger partial charge on any atom is -0.352 e. The minimum atomic E-state index is -4.13. The second-order valence-corrected chi connectivity index (χ2v) is 11.6. The molecule has 0 bridgehead atoms. The third-order valence-corrected chi connectivity index (χ3v) is 8.44. The van der Waals surface area contributed by atoms with Crippen LogP contribution in [0.1, 0.15) is 43.9 Å². The third kappa shape index (κ3) is 7.44. The average molecular weight is 554 g/mol. The van der Waals surface area contributed by atoms with Crippen molar-refractivity contribution in [2.75, 3.05) is 10.8 Å². The maximum Gasteiger partial charge on any atom is 0.264 e. The van der Waals surface area contributed by atoms with E-state index in [0.717, 1.165) is 9.87 Å². The lowest BCUT2D eigenvalue weighted by Crippen LogP contribution is -2.52. The predicted octanol–water partition coefficient (Wildman–Crippen LogP) is 4.97. The van der Waals surface area contributed by atoms with Crippen LogP contribution in [0, 0.1) is 19.7 Å². The molecule has 0 aliphatic rings. The van der Waals surface area contributed by atoms with Gasteiger partial charge in [-0.25, -0.2) is 12.8 Å². The van der Waals surface area contributed by atoms with E-state index in [1.54, 1.807) is 44.2 Å². The maximum atomic E-state index is 13.9. The Morgan fingerprint density at radius 1 is 0.949 bits per heavy atom. The number of halogens is 1. The molecule has 9 heteroatoms. The molecule has 0 aliphatic heterocycles. The SMILES string of the molecule is CC[C@@H](C)NC(=O)[C@H](C)N(Cc1ccc(F)cc1)C(=O)CN(c1ccc(C)cc1C)S(=O)(=O)c1ccccc1. The van der Waals surface area contributed by atoms with Gasteiger partial charge in [0.25, 0.3) is 10.0 Å². The summed E-state index contributed by atoms with van der Waals surface area (Å²) in [6, 6.07) is 17.9. The zero-order chi connectivity index (χ0) is 28.7. The Morgan fingerprint density at radius 3 is 2.18 bits per heavy atom. The number of carbonyl (C=O) groups is 2. The Kier molecular flexibility index (Phi) is 9.86. The van der Waals surface area contributed by atoms with Crippen LogP contribution in [-0.2, 0) is 26.2 Å². The van der Waals surface area contributed by atoms with E-state index in [2.05, 4.69) is 5.32 Å². The fourth-order valence-corrected chi connectivity index (χ4v) is 5.65. The summed E-state index contributed by atoms with van der Waals surface area (Å²) >= 11 is 0. The molecule has 0 spiro atoms. The van der Waals surface area contributed by atoms with E-state index in [1.807, 2.05) is 26.8 Å². The zero-order valence-corrected chi connectivity index (χ0v) is 23.8. The molecule has 0 radical (unpaired) electrons. The second kappa shape index (κ2) is 12.9. The van der Waals surface area contributed by atoms with E-state index in [4.69, 9.17) is 0 Å². The van der Waals surface area contributed by atoms with Crippen molar-refractivity contribution in [2.45, 2.75) is 64.6 Å². The van der Waals surface area contributed by atoms with E-state index in [-0.39, 0.29) is 23.4 Å². The number of amides is 2. The molecule has 0 unspecified atom stereocenters. The van der Waals surface area contributed by atoms with Gasteiger partial charge in [0.15, 0.2) is 0 Å². The van der Waals surface area contributed by atoms with Gasteiger partial charge < -0.3 is 10.2 Å². The summed E-state index contributed by atoms with van der Waals surface area (Å²) < 4.78 is 42.3. The van der Waals surface area contributed by atoms with Crippen LogP contribution in [-0.4, -0.2) is 43.8 Å². The summed E-state index contributed by atoms with van der Waals surface area (Å²) in [7, 11) is -4.13. The lowest BCUT2D eigenvalue weighted by atomic mass is 10.1. The number of carbonyl (C=O) groups excluding carboxylic acids is 2. The molecular weight excluding hydrogens is 517 g/mol. The highest BCUT2D eigenvalue weighted by Gasteiger charge is 2.33. The molecule has 208 valence electrons. The molecular formula is C30H36FN3O4S. The van der Waals surface area contributed by atoms with Crippen LogP contribution < -0.4 is 9.62 Å². The van der Waals surface area contributed by atoms with Crippen LogP contribution in [0.2, 0.25) is 0 Å². The van der Waals surface area contributed by atoms with Gasteiger partial charge in [0.2, 0.25) is 11.8 Å². The van der Waals surface area contributed by atoms with Gasteiger partial charge in [-0.15, -0.1) is 0 Å². The number of nitrogens with zero attached hydrogens (tertiary/aromatic N) is 2. The van der Waals surface area contributed by atoms with Crippen molar-refractivity contribution in [2.24, 2.45) is 0 Å². The molecule has 0 heterocycles. The standard InChI is InChI=1S/C30H36FN3O4S/c1-6-23(4)32-30(36)24(5)33(19-25-13-15-26(31)16-14-25)29(35)20-34(28-17-12-21(2)18-22(28)3)39(37,38)27-10-8-7-9-11-27/h7-18,23-24H,6,19-20H2,1-5H3,(H,32,36)/t23-,24+/m1/s1. The van der Waals surface area contributed by atoms with Crippen molar-refractivity contribution in [1.29, 1.82) is 0 Å². The average Bonchev–Trinajstić information content (AvgIpc) is 2.91. The zero-order valence-electron chi connectivity index (χ0n) is 23.0. The first kappa shape index (κ1) is 29.8. The number of anilines is 1. The van der Waals surface area contributed by atoms with Gasteiger partial charge in [-0.1, -0.05) is 55.0 Å². The van der Waals surface area contributed by atoms with Gasteiger partial charge in [0.1, 0.15) is 18.4 Å². The molecule has 0 aromatic heterocycles. The number of nitrogens with one attached hydrogen (secondary N) is 1. The van der Waals surface area contributed by atoms with E-state index < -0.39 is 34.3 Å². The topological polar surface area (TPSA) is 86.8 Å². The highest BCUT2D eigenvalue weighted by molar-refractivity contribution is 7.92. The smallest absolute Gasteiger partial charge is 0.264 e. The number of hydrogen-bond donors (Lipinski definition) is 1. The maximum absolute atomic E-state index is 13.9. The summed E-state index contributed by atoms with van der Waals surface area (Å²) in [6.07, 6.45) is 0.708. The van der Waals surface area contributed by atoms with E-state index in [0.29, 0.717) is 23.2 Å². The molecule has 0 fully saturated rings. The molecule has 0 aliphatic carbocycles. The van der Waals surface area contributed by atoms with Crippen LogP contribution >= 0.6 is 0 Å². The monoisotopic (exact) mass is 553 g/mol. The molecule has 39 heavy (non-hydrogen) atoms. The highest BCUT2D eigenvalue weighted by Crippen LogP contribution is 2.28. The first-order valence-electron chi connectivity index (χ1n) is 12.9. The first-order chi connectivity index (χ1) is 18.4. The van der Waals surface area contributed by atoms with Gasteiger partial charge >= 0.3 is 0 Å². The summed E-state index contributed by atoms with van der Waals surface area (Å²) in [4.78, 5) is 28.4. The van der Waals surface area contributed by atoms with Crippen molar-refractivity contribution in [3.8, 4) is 0 Å². The van der Waals surface area contributed by atoms with Crippen LogP contribution in [0.5, 0.6) is 0 Å². The molecule has 1 N–H and O–H groups in total. The van der Waals surface area contributed by atoms with Crippen molar-refractivity contribution < 1.29 is 22.4 Å². The lowest BCUT2D eigenvalue weighted by molar-refractivity contribution is -0.139. The Hall–Kier alpha value is -3.72. The van der Waals surface area contributed by atoms with Gasteiger partial charge in [-0.3, -0.25) is 13.9 Å². The first-order valence-corrected chi connectivity index (χ1v) is 14.4. The fraction of sp³-hybridized carbons (Fsp3) is 0.333. The van der Waals surface area contributed by atoms with Gasteiger partial charge in [-0.2, -0.15) is 0 Å². The van der Waals surface area contributed by atoms with Crippen LogP contribution in [0.25, 0.3) is 0 Å². The molecule has 0 saturated carbocycles. The number of aryl methyl sites for hydroxylation is 2. The highest BCUT2D eigenvalue weighted by atomic mass is 32.2. The summed E-state index contributed by atoms with van der Waals surface area (Å²) in [6.45, 7) is 8.58. The number of benzene rings is 3. The summed E-state index contributed by atoms with van der Waals surface area (Å²) in [5.74, 6) is -1.34. The number of hydrogen-bond acceptors (Lipinski definition) is 4. The molecule has 7 nitrogen and oxygen atoms in total. The van der Waals surface area contributed by atoms with Gasteiger partial charge in [0.05, 0.1) is 10.6 Å². The number of rotatable bonds is 11. The Labute approximate surface area is 230 Å². The van der Waals surface area contributed by atoms with Gasteiger partial charge in [-0.05, 0) is 75.6 Å². The van der Waals surface area contributed by atoms with Crippen LogP contribution in [0.4, 0.5) is 10.1 Å². The Bertz CT molecular complexity index is 1400. The van der Waals surface area contributed by atoms with Crippen molar-refractivity contribution >= 4 is 27.5 Å². The molecule has 2 atom stereocenters. The second-order valence-electron chi connectivity index (χ2n) is 9.76. The van der Waals surface area contributed by atoms with Crippen LogP contribution in [0.3, 0.4) is 0 Å². The largest absolute Gasteiger partial charge is 0.352 e. The van der Waals surface area contributed by atoms with Crippen molar-refractivity contribution in [1.82, 2.24) is 10.2 Å². The van der Waals surface area contributed by atoms with E-state index >= 15 is 0 Å². The number of sulfonamides is 1. The third-order valence-electron chi connectivity index (χ3n) is 6.67. The molecule has 3 aromatic rings. The Morgan fingerprint density at radius 2 is 1.59 bits per heavy atom. The minimum absolute atomic E-state index is 0.000308. The van der Waals surface area contributed by atoms with Gasteiger partial charge in [0, 0.05) is 12.6 Å². The normalized spacial score (nSPS) is 12.9. The van der Waals surface area contributed by atoms with E-state index in [1.165, 1.54) is 41.3 Å². The molecule has 3 rings (SSSR count). The predicted molar refractivity (Wildman–Crippen MR) is 151 cm³/mol. The van der Waals surface area contributed by atoms with Crippen molar-refractivity contribution in [3.05, 3.63) is 95.3 Å². The summed E-state index contributed by atoms with van der Waals surface area (Å²) in [5.41, 5.74) is 2.62. The lowest BCUT2D eigenvalue weighted by Gasteiger charge is -2.33. The quantitative estimate of drug-likeness (QED) is 0.363. The molecule has 0 saturated heterocycles. The summed E-state index contributed by atoms with van der Waals surface area (Å²) in [5, 5.41) is 2.89. The van der Waals surface area contributed by atoms with Crippen LogP contribution in [0.15, 0.2) is 77.7 Å².